The Hall–Kier alpha value is -1.45. The summed E-state index contributed by atoms with van der Waals surface area (Å²) in [7, 11) is 0. The summed E-state index contributed by atoms with van der Waals surface area (Å²) in [5, 5.41) is 3.05. The summed E-state index contributed by atoms with van der Waals surface area (Å²) in [4.78, 5) is 7.35. The zero-order valence-corrected chi connectivity index (χ0v) is 12.0. The van der Waals surface area contributed by atoms with Crippen LogP contribution in [0.2, 0.25) is 10.0 Å². The predicted octanol–water partition coefficient (Wildman–Crippen LogP) is 4.81. The molecule has 0 aliphatic rings. The number of nitrogens with one attached hydrogen (secondary N) is 1. The molecule has 0 spiro atoms. The molecule has 0 aliphatic carbocycles. The van der Waals surface area contributed by atoms with Crippen molar-refractivity contribution in [2.75, 3.05) is 0 Å². The minimum Gasteiger partial charge on any atom is -0.488 e. The lowest BCUT2D eigenvalue weighted by molar-refractivity contribution is 0.243. The average molecular weight is 295 g/mol. The van der Waals surface area contributed by atoms with Crippen LogP contribution in [0.25, 0.3) is 21.8 Å². The Labute approximate surface area is 120 Å². The van der Waals surface area contributed by atoms with Crippen molar-refractivity contribution in [3.8, 4) is 5.75 Å². The third-order valence-corrected chi connectivity index (χ3v) is 3.54. The molecule has 98 valence electrons. The summed E-state index contributed by atoms with van der Waals surface area (Å²) in [5.74, 6) is 0.519. The third-order valence-electron chi connectivity index (χ3n) is 2.90. The number of halogens is 2. The number of hydrogen-bond acceptors (Lipinski definition) is 2. The zero-order valence-electron chi connectivity index (χ0n) is 10.5. The first-order valence-electron chi connectivity index (χ1n) is 5.98. The standard InChI is InChI=1S/C14H12Cl2N2O/c1-7(2)19-14-10(15)5-9-8-3-4-17-6-11(8)18-13(9)12(14)16/h3-7,18H,1-2H3. The molecule has 0 saturated carbocycles. The number of nitrogens with zero attached hydrogens (tertiary/aromatic N) is 1. The number of pyridine rings is 1. The Morgan fingerprint density at radius 3 is 2.79 bits per heavy atom. The number of aromatic nitrogens is 2. The molecule has 2 heterocycles. The van der Waals surface area contributed by atoms with Gasteiger partial charge in [-0.05, 0) is 26.0 Å². The number of benzene rings is 1. The van der Waals surface area contributed by atoms with Gasteiger partial charge >= 0.3 is 0 Å². The van der Waals surface area contributed by atoms with Crippen LogP contribution in [0.4, 0.5) is 0 Å². The summed E-state index contributed by atoms with van der Waals surface area (Å²) in [5.41, 5.74) is 1.75. The monoisotopic (exact) mass is 294 g/mol. The van der Waals surface area contributed by atoms with Gasteiger partial charge in [0.05, 0.1) is 28.4 Å². The molecule has 0 atom stereocenters. The highest BCUT2D eigenvalue weighted by Gasteiger charge is 2.16. The zero-order chi connectivity index (χ0) is 13.6. The molecule has 0 unspecified atom stereocenters. The van der Waals surface area contributed by atoms with Crippen LogP contribution in [0.5, 0.6) is 5.75 Å². The molecule has 3 aromatic rings. The first kappa shape index (κ1) is 12.6. The van der Waals surface area contributed by atoms with E-state index in [1.54, 1.807) is 12.4 Å². The predicted molar refractivity (Wildman–Crippen MR) is 79.4 cm³/mol. The molecule has 0 aliphatic heterocycles. The SMILES string of the molecule is CC(C)Oc1c(Cl)cc2c([nH]c3cnccc32)c1Cl. The van der Waals surface area contributed by atoms with Gasteiger partial charge in [0.1, 0.15) is 5.02 Å². The molecule has 0 fully saturated rings. The smallest absolute Gasteiger partial charge is 0.159 e. The Morgan fingerprint density at radius 1 is 1.26 bits per heavy atom. The van der Waals surface area contributed by atoms with Gasteiger partial charge in [-0.3, -0.25) is 4.98 Å². The van der Waals surface area contributed by atoms with E-state index in [9.17, 15) is 0 Å². The van der Waals surface area contributed by atoms with Crippen LogP contribution in [0, 0.1) is 0 Å². The van der Waals surface area contributed by atoms with Crippen LogP contribution >= 0.6 is 23.2 Å². The maximum absolute atomic E-state index is 6.40. The van der Waals surface area contributed by atoms with Crippen LogP contribution < -0.4 is 4.74 Å². The van der Waals surface area contributed by atoms with Gasteiger partial charge in [-0.25, -0.2) is 0 Å². The Bertz CT molecular complexity index is 765. The second-order valence-corrected chi connectivity index (χ2v) is 5.42. The van der Waals surface area contributed by atoms with E-state index in [2.05, 4.69) is 9.97 Å². The van der Waals surface area contributed by atoms with Crippen LogP contribution in [0.3, 0.4) is 0 Å². The van der Waals surface area contributed by atoms with Crippen molar-refractivity contribution < 1.29 is 4.74 Å². The van der Waals surface area contributed by atoms with Crippen molar-refractivity contribution in [3.63, 3.8) is 0 Å². The molecule has 5 heteroatoms. The second-order valence-electron chi connectivity index (χ2n) is 4.64. The molecule has 3 nitrogen and oxygen atoms in total. The van der Waals surface area contributed by atoms with Crippen molar-refractivity contribution in [2.24, 2.45) is 0 Å². The summed E-state index contributed by atoms with van der Waals surface area (Å²) >= 11 is 12.7. The van der Waals surface area contributed by atoms with E-state index in [0.717, 1.165) is 21.8 Å². The third kappa shape index (κ3) is 2.03. The summed E-state index contributed by atoms with van der Waals surface area (Å²) in [6.45, 7) is 3.87. The quantitative estimate of drug-likeness (QED) is 0.736. The molecule has 0 amide bonds. The van der Waals surface area contributed by atoms with E-state index >= 15 is 0 Å². The fourth-order valence-corrected chi connectivity index (χ4v) is 2.73. The topological polar surface area (TPSA) is 37.9 Å². The van der Waals surface area contributed by atoms with Gasteiger partial charge in [0.25, 0.3) is 0 Å². The summed E-state index contributed by atoms with van der Waals surface area (Å²) in [6, 6.07) is 3.81. The van der Waals surface area contributed by atoms with Gasteiger partial charge in [0, 0.05) is 17.0 Å². The number of fused-ring (bicyclic) bond motifs is 3. The fraction of sp³-hybridized carbons (Fsp3) is 0.214. The van der Waals surface area contributed by atoms with E-state index in [4.69, 9.17) is 27.9 Å². The molecule has 0 bridgehead atoms. The molecule has 19 heavy (non-hydrogen) atoms. The minimum atomic E-state index is 0.0125. The van der Waals surface area contributed by atoms with Crippen LogP contribution in [-0.2, 0) is 0 Å². The van der Waals surface area contributed by atoms with Crippen LogP contribution in [-0.4, -0.2) is 16.1 Å². The van der Waals surface area contributed by atoms with E-state index in [1.807, 2.05) is 26.0 Å². The minimum absolute atomic E-state index is 0.0125. The van der Waals surface area contributed by atoms with Gasteiger partial charge in [-0.2, -0.15) is 0 Å². The molecular weight excluding hydrogens is 283 g/mol. The second kappa shape index (κ2) is 4.58. The highest BCUT2D eigenvalue weighted by Crippen LogP contribution is 2.41. The maximum atomic E-state index is 6.40. The number of ether oxygens (including phenoxy) is 1. The Morgan fingerprint density at radius 2 is 2.05 bits per heavy atom. The normalized spacial score (nSPS) is 11.6. The van der Waals surface area contributed by atoms with E-state index in [0.29, 0.717) is 15.8 Å². The molecular formula is C14H12Cl2N2O. The number of rotatable bonds is 2. The number of hydrogen-bond donors (Lipinski definition) is 1. The van der Waals surface area contributed by atoms with E-state index in [1.165, 1.54) is 0 Å². The van der Waals surface area contributed by atoms with Crippen molar-refractivity contribution >= 4 is 45.0 Å². The highest BCUT2D eigenvalue weighted by molar-refractivity contribution is 6.42. The highest BCUT2D eigenvalue weighted by atomic mass is 35.5. The molecule has 2 aromatic heterocycles. The van der Waals surface area contributed by atoms with E-state index in [-0.39, 0.29) is 6.10 Å². The fourth-order valence-electron chi connectivity index (χ4n) is 2.14. The average Bonchev–Trinajstić information content (AvgIpc) is 2.73. The van der Waals surface area contributed by atoms with Crippen LogP contribution in [0.1, 0.15) is 13.8 Å². The van der Waals surface area contributed by atoms with Gasteiger partial charge < -0.3 is 9.72 Å². The first-order valence-corrected chi connectivity index (χ1v) is 6.73. The number of aromatic amines is 1. The Kier molecular flexibility index (Phi) is 3.03. The van der Waals surface area contributed by atoms with Crippen molar-refractivity contribution in [1.29, 1.82) is 0 Å². The number of H-pyrrole nitrogens is 1. The van der Waals surface area contributed by atoms with Gasteiger partial charge in [0.2, 0.25) is 0 Å². The lowest BCUT2D eigenvalue weighted by atomic mass is 10.2. The lowest BCUT2D eigenvalue weighted by Crippen LogP contribution is -2.06. The molecule has 0 saturated heterocycles. The van der Waals surface area contributed by atoms with Crippen molar-refractivity contribution in [3.05, 3.63) is 34.6 Å². The molecule has 0 radical (unpaired) electrons. The lowest BCUT2D eigenvalue weighted by Gasteiger charge is -2.13. The molecule has 1 aromatic carbocycles. The molecule has 3 rings (SSSR count). The summed E-state index contributed by atoms with van der Waals surface area (Å²) in [6.07, 6.45) is 3.52. The van der Waals surface area contributed by atoms with Crippen molar-refractivity contribution in [2.45, 2.75) is 20.0 Å². The summed E-state index contributed by atoms with van der Waals surface area (Å²) < 4.78 is 5.68. The van der Waals surface area contributed by atoms with Gasteiger partial charge in [-0.15, -0.1) is 0 Å². The van der Waals surface area contributed by atoms with Gasteiger partial charge in [-0.1, -0.05) is 23.2 Å². The van der Waals surface area contributed by atoms with Crippen molar-refractivity contribution in [1.82, 2.24) is 9.97 Å². The Balaban J connectivity index is 2.35. The van der Waals surface area contributed by atoms with E-state index < -0.39 is 0 Å². The first-order chi connectivity index (χ1) is 9.08. The van der Waals surface area contributed by atoms with Gasteiger partial charge in [0.15, 0.2) is 5.75 Å². The molecule has 1 N–H and O–H groups in total. The maximum Gasteiger partial charge on any atom is 0.159 e. The van der Waals surface area contributed by atoms with Crippen LogP contribution in [0.15, 0.2) is 24.5 Å². The largest absolute Gasteiger partial charge is 0.488 e.